The normalized spacial score (nSPS) is 13.3. The quantitative estimate of drug-likeness (QED) is 0.224. The Morgan fingerprint density at radius 2 is 1.64 bits per heavy atom. The van der Waals surface area contributed by atoms with Crippen LogP contribution in [-0.4, -0.2) is 46.6 Å². The number of carbonyl (C=O) groups is 2. The molecular formula is C27H35N5O6S. The van der Waals surface area contributed by atoms with Gasteiger partial charge in [0.05, 0.1) is 17.4 Å². The summed E-state index contributed by atoms with van der Waals surface area (Å²) in [5, 5.41) is 5.70. The summed E-state index contributed by atoms with van der Waals surface area (Å²) in [4.78, 5) is 33.9. The lowest BCUT2D eigenvalue weighted by atomic mass is 10.0. The molecule has 0 aliphatic heterocycles. The number of benzene rings is 2. The molecule has 2 aromatic carbocycles. The Labute approximate surface area is 228 Å². The van der Waals surface area contributed by atoms with E-state index in [2.05, 4.69) is 20.6 Å². The van der Waals surface area contributed by atoms with Gasteiger partial charge < -0.3 is 20.4 Å². The molecule has 0 radical (unpaired) electrons. The van der Waals surface area contributed by atoms with E-state index >= 15 is 0 Å². The van der Waals surface area contributed by atoms with Crippen LogP contribution < -0.4 is 15.4 Å². The molecule has 12 heteroatoms. The van der Waals surface area contributed by atoms with Crippen LogP contribution in [0.3, 0.4) is 0 Å². The summed E-state index contributed by atoms with van der Waals surface area (Å²) in [6.45, 7) is 7.20. The van der Waals surface area contributed by atoms with Gasteiger partial charge in [-0.25, -0.2) is 9.78 Å². The third-order valence-corrected chi connectivity index (χ3v) is 6.08. The maximum Gasteiger partial charge on any atom is 0.408 e. The smallest absolute Gasteiger partial charge is 0.408 e. The number of aromatic nitrogens is 2. The van der Waals surface area contributed by atoms with E-state index in [1.54, 1.807) is 39.1 Å². The fraction of sp³-hybridized carbons (Fsp3) is 0.370. The van der Waals surface area contributed by atoms with Gasteiger partial charge in [0, 0.05) is 12.6 Å². The molecule has 0 bridgehead atoms. The number of nitrogens with zero attached hydrogens (tertiary/aromatic N) is 1. The van der Waals surface area contributed by atoms with Crippen LogP contribution in [-0.2, 0) is 39.1 Å². The lowest BCUT2D eigenvalue weighted by Crippen LogP contribution is -2.50. The first-order valence-electron chi connectivity index (χ1n) is 12.5. The molecule has 0 unspecified atom stereocenters. The molecule has 3 rings (SSSR count). The average Bonchev–Trinajstić information content (AvgIpc) is 3.32. The molecule has 5 N–H and O–H groups in total. The molecule has 0 aliphatic carbocycles. The molecule has 0 fully saturated rings. The highest BCUT2D eigenvalue weighted by Crippen LogP contribution is 2.20. The fourth-order valence-electron chi connectivity index (χ4n) is 3.83. The van der Waals surface area contributed by atoms with E-state index in [9.17, 15) is 18.0 Å². The Kier molecular flexibility index (Phi) is 9.71. The topological polar surface area (TPSA) is 163 Å². The van der Waals surface area contributed by atoms with Crippen molar-refractivity contribution in [2.24, 2.45) is 0 Å². The van der Waals surface area contributed by atoms with Crippen molar-refractivity contribution < 1.29 is 27.3 Å². The molecule has 2 atom stereocenters. The van der Waals surface area contributed by atoms with Gasteiger partial charge in [-0.15, -0.1) is 0 Å². The summed E-state index contributed by atoms with van der Waals surface area (Å²) < 4.78 is 38.6. The highest BCUT2D eigenvalue weighted by atomic mass is 32.2. The van der Waals surface area contributed by atoms with Gasteiger partial charge in [0.2, 0.25) is 5.91 Å². The van der Waals surface area contributed by atoms with Crippen LogP contribution in [0.15, 0.2) is 60.8 Å². The monoisotopic (exact) mass is 557 g/mol. The van der Waals surface area contributed by atoms with Crippen LogP contribution in [0.5, 0.6) is 0 Å². The fourth-order valence-corrected chi connectivity index (χ4v) is 4.26. The SMILES string of the molecule is CCc1c[nH]c([C@H](Cc2ccc(NS(=O)(=O)O)cc2)NC(=O)[C@@H](Cc2ccccc2)NC(=O)OC(C)(C)C)n1. The molecule has 11 nitrogen and oxygen atoms in total. The van der Waals surface area contributed by atoms with Gasteiger partial charge in [0.25, 0.3) is 0 Å². The number of anilines is 1. The van der Waals surface area contributed by atoms with Crippen molar-refractivity contribution in [3.63, 3.8) is 0 Å². The summed E-state index contributed by atoms with van der Waals surface area (Å²) in [6.07, 6.45) is 2.33. The highest BCUT2D eigenvalue weighted by molar-refractivity contribution is 7.87. The summed E-state index contributed by atoms with van der Waals surface area (Å²) in [5.41, 5.74) is 1.91. The molecule has 1 aromatic heterocycles. The standard InChI is InChI=1S/C27H35N5O6S/c1-5-20-17-28-24(29-20)22(15-19-11-13-21(14-12-19)32-39(35,36)37)30-25(33)23(16-18-9-7-6-8-10-18)31-26(34)38-27(2,3)4/h6-14,17,22-23,32H,5,15-16H2,1-4H3,(H,28,29)(H,30,33)(H,31,34)(H,35,36,37)/t22-,23+/m0/s1. The van der Waals surface area contributed by atoms with E-state index in [-0.39, 0.29) is 12.1 Å². The minimum atomic E-state index is -4.40. The predicted octanol–water partition coefficient (Wildman–Crippen LogP) is 3.72. The molecule has 0 aliphatic rings. The second-order valence-electron chi connectivity index (χ2n) is 10.1. The number of aromatic amines is 1. The molecule has 0 saturated carbocycles. The number of carbonyl (C=O) groups excluding carboxylic acids is 2. The second-order valence-corrected chi connectivity index (χ2v) is 11.2. The Balaban J connectivity index is 1.84. The van der Waals surface area contributed by atoms with Crippen molar-refractivity contribution >= 4 is 28.0 Å². The number of aryl methyl sites for hydroxylation is 1. The molecule has 210 valence electrons. The van der Waals surface area contributed by atoms with Crippen LogP contribution in [0, 0.1) is 0 Å². The molecule has 2 amide bonds. The zero-order chi connectivity index (χ0) is 28.6. The van der Waals surface area contributed by atoms with E-state index in [4.69, 9.17) is 9.29 Å². The number of ether oxygens (including phenoxy) is 1. The summed E-state index contributed by atoms with van der Waals surface area (Å²) in [6, 6.07) is 14.2. The van der Waals surface area contributed by atoms with Crippen molar-refractivity contribution in [2.45, 2.75) is 64.6 Å². The number of hydrogen-bond donors (Lipinski definition) is 5. The van der Waals surface area contributed by atoms with Gasteiger partial charge in [-0.2, -0.15) is 8.42 Å². The first-order chi connectivity index (χ1) is 18.3. The minimum absolute atomic E-state index is 0.192. The first-order valence-corrected chi connectivity index (χ1v) is 14.0. The van der Waals surface area contributed by atoms with Crippen molar-refractivity contribution in [2.75, 3.05) is 4.72 Å². The number of alkyl carbamates (subject to hydrolysis) is 1. The van der Waals surface area contributed by atoms with E-state index in [0.717, 1.165) is 16.8 Å². The summed E-state index contributed by atoms with van der Waals surface area (Å²) >= 11 is 0. The van der Waals surface area contributed by atoms with Crippen molar-refractivity contribution in [1.29, 1.82) is 0 Å². The Hall–Kier alpha value is -3.90. The Morgan fingerprint density at radius 1 is 1.00 bits per heavy atom. The lowest BCUT2D eigenvalue weighted by Gasteiger charge is -2.25. The summed E-state index contributed by atoms with van der Waals surface area (Å²) in [7, 11) is -4.40. The van der Waals surface area contributed by atoms with Crippen LogP contribution in [0.2, 0.25) is 0 Å². The average molecular weight is 558 g/mol. The summed E-state index contributed by atoms with van der Waals surface area (Å²) in [5.74, 6) is 0.116. The van der Waals surface area contributed by atoms with E-state index < -0.39 is 40.0 Å². The van der Waals surface area contributed by atoms with E-state index in [1.807, 2.05) is 42.0 Å². The number of rotatable bonds is 11. The van der Waals surface area contributed by atoms with Crippen LogP contribution in [0.1, 0.15) is 56.4 Å². The van der Waals surface area contributed by atoms with E-state index in [1.165, 1.54) is 12.1 Å². The van der Waals surface area contributed by atoms with Gasteiger partial charge in [-0.3, -0.25) is 14.1 Å². The molecule has 0 saturated heterocycles. The number of amides is 2. The second kappa shape index (κ2) is 12.8. The van der Waals surface area contributed by atoms with Gasteiger partial charge in [-0.1, -0.05) is 49.4 Å². The molecular weight excluding hydrogens is 522 g/mol. The number of hydrogen-bond acceptors (Lipinski definition) is 6. The van der Waals surface area contributed by atoms with Gasteiger partial charge >= 0.3 is 16.4 Å². The molecule has 1 heterocycles. The third kappa shape index (κ3) is 10.1. The van der Waals surface area contributed by atoms with Crippen LogP contribution in [0.25, 0.3) is 0 Å². The predicted molar refractivity (Wildman–Crippen MR) is 147 cm³/mol. The Morgan fingerprint density at radius 3 is 2.21 bits per heavy atom. The van der Waals surface area contributed by atoms with E-state index in [0.29, 0.717) is 18.7 Å². The van der Waals surface area contributed by atoms with Gasteiger partial charge in [0.1, 0.15) is 17.5 Å². The number of H-pyrrole nitrogens is 1. The number of imidazole rings is 1. The number of nitrogens with one attached hydrogen (secondary N) is 4. The molecule has 39 heavy (non-hydrogen) atoms. The maximum absolute atomic E-state index is 13.6. The van der Waals surface area contributed by atoms with Gasteiger partial charge in [-0.05, 0) is 56.9 Å². The van der Waals surface area contributed by atoms with Crippen molar-refractivity contribution in [3.8, 4) is 0 Å². The van der Waals surface area contributed by atoms with Crippen molar-refractivity contribution in [3.05, 3.63) is 83.4 Å². The zero-order valence-corrected chi connectivity index (χ0v) is 23.2. The Bertz CT molecular complexity index is 1350. The maximum atomic E-state index is 13.6. The lowest BCUT2D eigenvalue weighted by molar-refractivity contribution is -0.124. The van der Waals surface area contributed by atoms with Gasteiger partial charge in [0.15, 0.2) is 0 Å². The van der Waals surface area contributed by atoms with Crippen molar-refractivity contribution in [1.82, 2.24) is 20.6 Å². The molecule has 3 aromatic rings. The third-order valence-electron chi connectivity index (χ3n) is 5.59. The first kappa shape index (κ1) is 29.7. The molecule has 0 spiro atoms. The highest BCUT2D eigenvalue weighted by Gasteiger charge is 2.28. The largest absolute Gasteiger partial charge is 0.444 e. The van der Waals surface area contributed by atoms with Crippen LogP contribution >= 0.6 is 0 Å². The minimum Gasteiger partial charge on any atom is -0.444 e. The van der Waals surface area contributed by atoms with Crippen LogP contribution in [0.4, 0.5) is 10.5 Å². The zero-order valence-electron chi connectivity index (χ0n) is 22.4.